The Labute approximate surface area is 164 Å². The summed E-state index contributed by atoms with van der Waals surface area (Å²) in [6.07, 6.45) is 3.29. The van der Waals surface area contributed by atoms with Crippen LogP contribution >= 0.6 is 0 Å². The quantitative estimate of drug-likeness (QED) is 0.647. The number of hydrogen-bond acceptors (Lipinski definition) is 5. The molecule has 5 rings (SSSR count). The van der Waals surface area contributed by atoms with Crippen LogP contribution in [0.2, 0.25) is 0 Å². The maximum absolute atomic E-state index is 12.9. The molecule has 3 fully saturated rings. The molecule has 1 aromatic rings. The summed E-state index contributed by atoms with van der Waals surface area (Å²) in [4.78, 5) is 38.2. The van der Waals surface area contributed by atoms with Crippen LogP contribution in [0.5, 0.6) is 0 Å². The standard InChI is InChI=1S/C21H26N4O3/c26-18-5-4-17(19(27)24-18)25-10-16-13(2-1-3-15(16)20(25)28)8-22-11-21-7-6-14(21)9-23-12-21/h1-3,14,17,22-23H,4-12H2,(H,24,26,27)/t14-,17?,21-/m0/s1. The van der Waals surface area contributed by atoms with Crippen molar-refractivity contribution in [3.8, 4) is 0 Å². The highest BCUT2D eigenvalue weighted by Gasteiger charge is 2.49. The molecule has 1 unspecified atom stereocenters. The molecule has 1 aromatic carbocycles. The number of piperidine rings is 1. The van der Waals surface area contributed by atoms with E-state index >= 15 is 0 Å². The van der Waals surface area contributed by atoms with E-state index in [1.54, 1.807) is 4.90 Å². The van der Waals surface area contributed by atoms with Crippen molar-refractivity contribution in [1.82, 2.24) is 20.9 Å². The number of imide groups is 1. The van der Waals surface area contributed by atoms with Crippen molar-refractivity contribution in [3.05, 3.63) is 34.9 Å². The summed E-state index contributed by atoms with van der Waals surface area (Å²) in [7, 11) is 0. The van der Waals surface area contributed by atoms with Gasteiger partial charge in [-0.3, -0.25) is 19.7 Å². The highest BCUT2D eigenvalue weighted by Crippen LogP contribution is 2.48. The van der Waals surface area contributed by atoms with Gasteiger partial charge in [0, 0.05) is 38.2 Å². The lowest BCUT2D eigenvalue weighted by atomic mass is 9.62. The minimum absolute atomic E-state index is 0.107. The molecule has 2 saturated heterocycles. The smallest absolute Gasteiger partial charge is 0.255 e. The molecule has 4 aliphatic rings. The number of rotatable bonds is 5. The molecule has 3 heterocycles. The maximum atomic E-state index is 12.9. The van der Waals surface area contributed by atoms with Crippen LogP contribution in [-0.4, -0.2) is 48.3 Å². The van der Waals surface area contributed by atoms with Crippen molar-refractivity contribution in [2.45, 2.75) is 44.8 Å². The molecule has 7 nitrogen and oxygen atoms in total. The van der Waals surface area contributed by atoms with Crippen LogP contribution in [-0.2, 0) is 22.7 Å². The van der Waals surface area contributed by atoms with Crippen molar-refractivity contribution in [3.63, 3.8) is 0 Å². The highest BCUT2D eigenvalue weighted by molar-refractivity contribution is 6.05. The first-order chi connectivity index (χ1) is 13.6. The molecule has 3 amide bonds. The lowest BCUT2D eigenvalue weighted by molar-refractivity contribution is -0.136. The molecule has 28 heavy (non-hydrogen) atoms. The largest absolute Gasteiger partial charge is 0.322 e. The predicted molar refractivity (Wildman–Crippen MR) is 102 cm³/mol. The fourth-order valence-corrected chi connectivity index (χ4v) is 5.36. The average Bonchev–Trinajstić information content (AvgIpc) is 3.14. The van der Waals surface area contributed by atoms with Crippen LogP contribution in [0.15, 0.2) is 18.2 Å². The van der Waals surface area contributed by atoms with E-state index in [2.05, 4.69) is 22.0 Å². The zero-order valence-electron chi connectivity index (χ0n) is 15.9. The van der Waals surface area contributed by atoms with E-state index < -0.39 is 6.04 Å². The lowest BCUT2D eigenvalue weighted by Gasteiger charge is -2.44. The van der Waals surface area contributed by atoms with Gasteiger partial charge in [0.25, 0.3) is 5.91 Å². The molecule has 0 aromatic heterocycles. The van der Waals surface area contributed by atoms with Gasteiger partial charge in [0.1, 0.15) is 6.04 Å². The van der Waals surface area contributed by atoms with Crippen LogP contribution in [0.3, 0.4) is 0 Å². The second-order valence-electron chi connectivity index (χ2n) is 8.68. The van der Waals surface area contributed by atoms with Crippen LogP contribution < -0.4 is 16.0 Å². The van der Waals surface area contributed by atoms with Gasteiger partial charge in [-0.15, -0.1) is 0 Å². The van der Waals surface area contributed by atoms with E-state index in [0.717, 1.165) is 43.2 Å². The summed E-state index contributed by atoms with van der Waals surface area (Å²) in [5, 5.41) is 9.50. The maximum Gasteiger partial charge on any atom is 0.255 e. The van der Waals surface area contributed by atoms with Gasteiger partial charge >= 0.3 is 0 Å². The Balaban J connectivity index is 1.28. The Kier molecular flexibility index (Phi) is 4.25. The van der Waals surface area contributed by atoms with Crippen molar-refractivity contribution in [2.24, 2.45) is 11.3 Å². The second-order valence-corrected chi connectivity index (χ2v) is 8.68. The summed E-state index contributed by atoms with van der Waals surface area (Å²) in [6.45, 7) is 4.40. The van der Waals surface area contributed by atoms with Gasteiger partial charge in [0.2, 0.25) is 11.8 Å². The highest BCUT2D eigenvalue weighted by atomic mass is 16.2. The first-order valence-corrected chi connectivity index (χ1v) is 10.2. The predicted octanol–water partition coefficient (Wildman–Crippen LogP) is 0.537. The molecular weight excluding hydrogens is 356 g/mol. The Morgan fingerprint density at radius 1 is 1.21 bits per heavy atom. The number of carbonyl (C=O) groups excluding carboxylic acids is 3. The number of amides is 3. The summed E-state index contributed by atoms with van der Waals surface area (Å²) < 4.78 is 0. The van der Waals surface area contributed by atoms with E-state index in [1.807, 2.05) is 12.1 Å². The topological polar surface area (TPSA) is 90.5 Å². The van der Waals surface area contributed by atoms with Crippen molar-refractivity contribution in [1.29, 1.82) is 0 Å². The SMILES string of the molecule is O=C1CCC(N2Cc3c(CNC[C@]45CC[C@H]4CNC5)cccc3C2=O)C(=O)N1. The van der Waals surface area contributed by atoms with Gasteiger partial charge in [0.15, 0.2) is 0 Å². The molecule has 3 aliphatic heterocycles. The number of carbonyl (C=O) groups is 3. The molecule has 0 bridgehead atoms. The summed E-state index contributed by atoms with van der Waals surface area (Å²) >= 11 is 0. The lowest BCUT2D eigenvalue weighted by Crippen LogP contribution is -2.52. The minimum atomic E-state index is -0.558. The molecule has 7 heteroatoms. The van der Waals surface area contributed by atoms with Crippen LogP contribution in [0, 0.1) is 11.3 Å². The van der Waals surface area contributed by atoms with Gasteiger partial charge < -0.3 is 15.5 Å². The molecule has 1 saturated carbocycles. The molecule has 0 radical (unpaired) electrons. The fourth-order valence-electron chi connectivity index (χ4n) is 5.36. The number of nitrogens with zero attached hydrogens (tertiary/aromatic N) is 1. The van der Waals surface area contributed by atoms with E-state index in [-0.39, 0.29) is 24.1 Å². The molecule has 3 N–H and O–H groups in total. The average molecular weight is 382 g/mol. The molecule has 148 valence electrons. The van der Waals surface area contributed by atoms with Crippen LogP contribution in [0.1, 0.15) is 47.2 Å². The Morgan fingerprint density at radius 3 is 2.86 bits per heavy atom. The van der Waals surface area contributed by atoms with E-state index in [0.29, 0.717) is 23.9 Å². The van der Waals surface area contributed by atoms with E-state index in [9.17, 15) is 14.4 Å². The molecule has 0 spiro atoms. The third-order valence-electron chi connectivity index (χ3n) is 7.20. The van der Waals surface area contributed by atoms with Crippen LogP contribution in [0.25, 0.3) is 0 Å². The van der Waals surface area contributed by atoms with Crippen molar-refractivity contribution in [2.75, 3.05) is 19.6 Å². The number of benzene rings is 1. The van der Waals surface area contributed by atoms with Gasteiger partial charge in [-0.2, -0.15) is 0 Å². The Bertz CT molecular complexity index is 854. The van der Waals surface area contributed by atoms with E-state index in [4.69, 9.17) is 0 Å². The van der Waals surface area contributed by atoms with Gasteiger partial charge in [-0.25, -0.2) is 0 Å². The Hall–Kier alpha value is -2.25. The molecule has 1 aliphatic carbocycles. The normalized spacial score (nSPS) is 31.4. The third kappa shape index (κ3) is 2.76. The number of nitrogens with one attached hydrogen (secondary N) is 3. The first kappa shape index (κ1) is 17.8. The second kappa shape index (κ2) is 6.67. The zero-order valence-corrected chi connectivity index (χ0v) is 15.9. The zero-order chi connectivity index (χ0) is 19.3. The number of fused-ring (bicyclic) bond motifs is 2. The minimum Gasteiger partial charge on any atom is -0.322 e. The van der Waals surface area contributed by atoms with Gasteiger partial charge in [-0.05, 0) is 54.3 Å². The fraction of sp³-hybridized carbons (Fsp3) is 0.571. The monoisotopic (exact) mass is 382 g/mol. The van der Waals surface area contributed by atoms with E-state index in [1.165, 1.54) is 12.8 Å². The summed E-state index contributed by atoms with van der Waals surface area (Å²) in [6, 6.07) is 5.27. The number of hydrogen-bond donors (Lipinski definition) is 3. The summed E-state index contributed by atoms with van der Waals surface area (Å²) in [5.41, 5.74) is 3.23. The molecule has 3 atom stereocenters. The van der Waals surface area contributed by atoms with Crippen molar-refractivity contribution >= 4 is 17.7 Å². The van der Waals surface area contributed by atoms with Gasteiger partial charge in [-0.1, -0.05) is 12.1 Å². The van der Waals surface area contributed by atoms with Crippen molar-refractivity contribution < 1.29 is 14.4 Å². The Morgan fingerprint density at radius 2 is 2.11 bits per heavy atom. The van der Waals surface area contributed by atoms with Gasteiger partial charge in [0.05, 0.1) is 0 Å². The molecular formula is C21H26N4O3. The third-order valence-corrected chi connectivity index (χ3v) is 7.20. The first-order valence-electron chi connectivity index (χ1n) is 10.2. The van der Waals surface area contributed by atoms with Crippen LogP contribution in [0.4, 0.5) is 0 Å². The summed E-state index contributed by atoms with van der Waals surface area (Å²) in [5.74, 6) is 0.0707.